The first kappa shape index (κ1) is 15.0. The van der Waals surface area contributed by atoms with Gasteiger partial charge < -0.3 is 10.8 Å². The molecule has 1 heterocycles. The van der Waals surface area contributed by atoms with Crippen LogP contribution in [0.15, 0.2) is 12.3 Å². The van der Waals surface area contributed by atoms with Gasteiger partial charge in [0.1, 0.15) is 6.04 Å². The minimum absolute atomic E-state index is 0.332. The largest absolute Gasteiger partial charge is 0.480 e. The summed E-state index contributed by atoms with van der Waals surface area (Å²) >= 11 is 1.51. The van der Waals surface area contributed by atoms with Gasteiger partial charge in [0.2, 0.25) is 0 Å². The third-order valence-electron chi connectivity index (χ3n) is 2.80. The molecule has 0 aliphatic carbocycles. The summed E-state index contributed by atoms with van der Waals surface area (Å²) in [4.78, 5) is 10.9. The van der Waals surface area contributed by atoms with Crippen molar-refractivity contribution in [1.82, 2.24) is 9.78 Å². The van der Waals surface area contributed by atoms with Crippen molar-refractivity contribution in [2.45, 2.75) is 50.3 Å². The fraction of sp³-hybridized carbons (Fsp3) is 0.667. The molecule has 1 atom stereocenters. The number of hydrogen-bond donors (Lipinski definition) is 2. The predicted molar refractivity (Wildman–Crippen MR) is 73.6 cm³/mol. The van der Waals surface area contributed by atoms with Crippen molar-refractivity contribution in [3.8, 4) is 0 Å². The van der Waals surface area contributed by atoms with E-state index < -0.39 is 16.8 Å². The van der Waals surface area contributed by atoms with E-state index in [-0.39, 0.29) is 0 Å². The molecule has 0 aliphatic rings. The predicted octanol–water partition coefficient (Wildman–Crippen LogP) is 1.89. The van der Waals surface area contributed by atoms with Gasteiger partial charge in [-0.15, -0.1) is 11.8 Å². The van der Waals surface area contributed by atoms with Crippen LogP contribution in [0.4, 0.5) is 0 Å². The van der Waals surface area contributed by atoms with Gasteiger partial charge in [-0.1, -0.05) is 0 Å². The van der Waals surface area contributed by atoms with Crippen molar-refractivity contribution < 1.29 is 9.90 Å². The van der Waals surface area contributed by atoms with E-state index >= 15 is 0 Å². The Morgan fingerprint density at radius 3 is 2.67 bits per heavy atom. The van der Waals surface area contributed by atoms with Gasteiger partial charge in [0.15, 0.2) is 0 Å². The smallest absolute Gasteiger partial charge is 0.321 e. The van der Waals surface area contributed by atoms with E-state index in [4.69, 9.17) is 10.8 Å². The topological polar surface area (TPSA) is 81.1 Å². The van der Waals surface area contributed by atoms with Gasteiger partial charge in [0, 0.05) is 22.7 Å². The molecule has 0 fully saturated rings. The Bertz CT molecular complexity index is 415. The fourth-order valence-corrected chi connectivity index (χ4v) is 2.34. The second kappa shape index (κ2) is 5.75. The fourth-order valence-electron chi connectivity index (χ4n) is 1.39. The zero-order valence-electron chi connectivity index (χ0n) is 11.3. The number of aromatic nitrogens is 2. The van der Waals surface area contributed by atoms with Crippen molar-refractivity contribution in [2.75, 3.05) is 0 Å². The summed E-state index contributed by atoms with van der Waals surface area (Å²) in [6.07, 6.45) is 1.94. The molecule has 0 aromatic carbocycles. The lowest BCUT2D eigenvalue weighted by Gasteiger charge is -2.27. The SMILES string of the molecule is CC(C)n1ccc(CSC(C)(C)[C@H](N)C(=O)O)n1. The standard InChI is InChI=1S/C12H21N3O2S/c1-8(2)15-6-5-9(14-15)7-18-12(3,4)10(13)11(16)17/h5-6,8,10H,7,13H2,1-4H3,(H,16,17)/t10-/m1/s1. The molecule has 0 saturated carbocycles. The van der Waals surface area contributed by atoms with Crippen LogP contribution >= 0.6 is 11.8 Å². The number of nitrogens with zero attached hydrogens (tertiary/aromatic N) is 2. The molecule has 3 N–H and O–H groups in total. The highest BCUT2D eigenvalue weighted by molar-refractivity contribution is 7.99. The second-order valence-corrected chi connectivity index (χ2v) is 6.72. The molecule has 0 bridgehead atoms. The summed E-state index contributed by atoms with van der Waals surface area (Å²) in [5.41, 5.74) is 6.61. The van der Waals surface area contributed by atoms with Crippen LogP contribution in [0.25, 0.3) is 0 Å². The van der Waals surface area contributed by atoms with E-state index in [2.05, 4.69) is 18.9 Å². The molecule has 18 heavy (non-hydrogen) atoms. The van der Waals surface area contributed by atoms with Crippen molar-refractivity contribution in [3.05, 3.63) is 18.0 Å². The molecule has 0 amide bonds. The van der Waals surface area contributed by atoms with Gasteiger partial charge in [-0.2, -0.15) is 5.10 Å². The second-order valence-electron chi connectivity index (χ2n) is 5.09. The van der Waals surface area contributed by atoms with Crippen molar-refractivity contribution >= 4 is 17.7 Å². The Kier molecular flexibility index (Phi) is 4.81. The van der Waals surface area contributed by atoms with Crippen LogP contribution in [0.5, 0.6) is 0 Å². The summed E-state index contributed by atoms with van der Waals surface area (Å²) in [5, 5.41) is 13.4. The van der Waals surface area contributed by atoms with Crippen LogP contribution in [-0.4, -0.2) is 31.6 Å². The average Bonchev–Trinajstić information content (AvgIpc) is 2.74. The van der Waals surface area contributed by atoms with E-state index in [0.29, 0.717) is 11.8 Å². The number of hydrogen-bond acceptors (Lipinski definition) is 4. The first-order valence-corrected chi connectivity index (χ1v) is 6.89. The first-order valence-electron chi connectivity index (χ1n) is 5.90. The number of carboxylic acids is 1. The summed E-state index contributed by atoms with van der Waals surface area (Å²) in [6, 6.07) is 1.41. The van der Waals surface area contributed by atoms with E-state index in [0.717, 1.165) is 5.69 Å². The Hall–Kier alpha value is -1.01. The molecule has 0 saturated heterocycles. The van der Waals surface area contributed by atoms with Gasteiger partial charge in [0.05, 0.1) is 5.69 Å². The van der Waals surface area contributed by atoms with Crippen LogP contribution < -0.4 is 5.73 Å². The van der Waals surface area contributed by atoms with Crippen LogP contribution in [0.2, 0.25) is 0 Å². The first-order chi connectivity index (χ1) is 8.24. The number of aliphatic carboxylic acids is 1. The van der Waals surface area contributed by atoms with Crippen LogP contribution in [0.1, 0.15) is 39.4 Å². The lowest BCUT2D eigenvalue weighted by molar-refractivity contribution is -0.139. The molecule has 0 radical (unpaired) electrons. The van der Waals surface area contributed by atoms with Crippen LogP contribution in [0, 0.1) is 0 Å². The van der Waals surface area contributed by atoms with Gasteiger partial charge in [-0.3, -0.25) is 9.48 Å². The monoisotopic (exact) mass is 271 g/mol. The molecule has 0 aliphatic heterocycles. The van der Waals surface area contributed by atoms with Gasteiger partial charge in [-0.25, -0.2) is 0 Å². The highest BCUT2D eigenvalue weighted by Crippen LogP contribution is 2.30. The maximum Gasteiger partial charge on any atom is 0.321 e. The zero-order chi connectivity index (χ0) is 13.9. The zero-order valence-corrected chi connectivity index (χ0v) is 12.1. The Morgan fingerprint density at radius 2 is 2.22 bits per heavy atom. The maximum atomic E-state index is 10.9. The third-order valence-corrected chi connectivity index (χ3v) is 4.24. The maximum absolute atomic E-state index is 10.9. The third kappa shape index (κ3) is 3.74. The molecular weight excluding hydrogens is 250 g/mol. The highest BCUT2D eigenvalue weighted by atomic mass is 32.2. The number of thioether (sulfide) groups is 1. The molecule has 102 valence electrons. The van der Waals surface area contributed by atoms with Crippen LogP contribution in [-0.2, 0) is 10.5 Å². The Morgan fingerprint density at radius 1 is 1.61 bits per heavy atom. The van der Waals surface area contributed by atoms with E-state index in [1.165, 1.54) is 11.8 Å². The quantitative estimate of drug-likeness (QED) is 0.825. The highest BCUT2D eigenvalue weighted by Gasteiger charge is 2.32. The molecule has 1 aromatic heterocycles. The van der Waals surface area contributed by atoms with Gasteiger partial charge in [0.25, 0.3) is 0 Å². The van der Waals surface area contributed by atoms with Crippen molar-refractivity contribution in [1.29, 1.82) is 0 Å². The Balaban J connectivity index is 2.61. The summed E-state index contributed by atoms with van der Waals surface area (Å²) in [7, 11) is 0. The lowest BCUT2D eigenvalue weighted by atomic mass is 10.1. The minimum Gasteiger partial charge on any atom is -0.480 e. The van der Waals surface area contributed by atoms with E-state index in [1.54, 1.807) is 0 Å². The van der Waals surface area contributed by atoms with E-state index in [9.17, 15) is 4.79 Å². The number of carboxylic acid groups (broad SMARTS) is 1. The lowest BCUT2D eigenvalue weighted by Crippen LogP contribution is -2.46. The number of rotatable bonds is 6. The molecular formula is C12H21N3O2S. The van der Waals surface area contributed by atoms with E-state index in [1.807, 2.05) is 30.8 Å². The van der Waals surface area contributed by atoms with Gasteiger partial charge in [-0.05, 0) is 33.8 Å². The Labute approximate surface area is 112 Å². The van der Waals surface area contributed by atoms with Gasteiger partial charge >= 0.3 is 5.97 Å². The van der Waals surface area contributed by atoms with Crippen molar-refractivity contribution in [3.63, 3.8) is 0 Å². The van der Waals surface area contributed by atoms with Crippen LogP contribution in [0.3, 0.4) is 0 Å². The molecule has 0 unspecified atom stereocenters. The summed E-state index contributed by atoms with van der Waals surface area (Å²) in [5.74, 6) is -0.312. The number of carbonyl (C=O) groups is 1. The number of nitrogens with two attached hydrogens (primary N) is 1. The molecule has 6 heteroatoms. The minimum atomic E-state index is -0.972. The summed E-state index contributed by atoms with van der Waals surface area (Å²) < 4.78 is 1.37. The normalized spacial score (nSPS) is 13.9. The molecule has 5 nitrogen and oxygen atoms in total. The summed E-state index contributed by atoms with van der Waals surface area (Å²) in [6.45, 7) is 7.81. The average molecular weight is 271 g/mol. The molecule has 0 spiro atoms. The molecule has 1 aromatic rings. The molecule has 1 rings (SSSR count). The van der Waals surface area contributed by atoms with Crippen molar-refractivity contribution in [2.24, 2.45) is 5.73 Å².